The number of aromatic nitrogens is 1. The number of pyridine rings is 1. The fourth-order valence-electron chi connectivity index (χ4n) is 3.33. The number of nitrogens with zero attached hydrogens (tertiary/aromatic N) is 1. The Bertz CT molecular complexity index is 507. The van der Waals surface area contributed by atoms with E-state index in [1.54, 1.807) is 0 Å². The summed E-state index contributed by atoms with van der Waals surface area (Å²) in [6.07, 6.45) is 4.43. The van der Waals surface area contributed by atoms with Gasteiger partial charge in [-0.05, 0) is 67.2 Å². The Morgan fingerprint density at radius 2 is 2.37 bits per heavy atom. The third-order valence-corrected chi connectivity index (χ3v) is 4.95. The molecule has 0 radical (unpaired) electrons. The third kappa shape index (κ3) is 2.30. The molecule has 2 atom stereocenters. The minimum absolute atomic E-state index is 0.0536. The second-order valence-electron chi connectivity index (χ2n) is 5.54. The van der Waals surface area contributed by atoms with Crippen LogP contribution in [0.2, 0.25) is 0 Å². The van der Waals surface area contributed by atoms with Gasteiger partial charge in [0.1, 0.15) is 5.69 Å². The van der Waals surface area contributed by atoms with Crippen LogP contribution in [-0.2, 0) is 0 Å². The van der Waals surface area contributed by atoms with Gasteiger partial charge in [0.05, 0.1) is 5.54 Å². The van der Waals surface area contributed by atoms with E-state index >= 15 is 0 Å². The number of aryl methyl sites for hydroxylation is 1. The van der Waals surface area contributed by atoms with Crippen LogP contribution in [0.5, 0.6) is 0 Å². The summed E-state index contributed by atoms with van der Waals surface area (Å²) in [5.41, 5.74) is 1.30. The van der Waals surface area contributed by atoms with Crippen molar-refractivity contribution in [1.82, 2.24) is 15.6 Å². The molecule has 0 bridgehead atoms. The lowest BCUT2D eigenvalue weighted by molar-refractivity contribution is 0.0891. The maximum atomic E-state index is 12.5. The number of carbonyl (C=O) groups excluding carboxylic acids is 1. The Labute approximate surface area is 121 Å². The van der Waals surface area contributed by atoms with Gasteiger partial charge >= 0.3 is 0 Å². The van der Waals surface area contributed by atoms with Crippen LogP contribution in [-0.4, -0.2) is 29.0 Å². The number of rotatable bonds is 2. The van der Waals surface area contributed by atoms with Crippen molar-refractivity contribution >= 4 is 21.8 Å². The number of amides is 1. The molecule has 3 rings (SSSR count). The smallest absolute Gasteiger partial charge is 0.271 e. The van der Waals surface area contributed by atoms with Crippen molar-refractivity contribution < 1.29 is 4.79 Å². The Balaban J connectivity index is 1.83. The van der Waals surface area contributed by atoms with E-state index in [0.717, 1.165) is 36.0 Å². The lowest BCUT2D eigenvalue weighted by Gasteiger charge is -2.30. The van der Waals surface area contributed by atoms with Gasteiger partial charge in [0.15, 0.2) is 0 Å². The number of nitrogens with one attached hydrogen (secondary N) is 2. The van der Waals surface area contributed by atoms with Crippen LogP contribution in [0.25, 0.3) is 0 Å². The molecule has 1 aliphatic carbocycles. The van der Waals surface area contributed by atoms with E-state index in [4.69, 9.17) is 0 Å². The number of hydrogen-bond acceptors (Lipinski definition) is 3. The predicted molar refractivity (Wildman–Crippen MR) is 77.1 cm³/mol. The van der Waals surface area contributed by atoms with Crippen LogP contribution in [0.3, 0.4) is 0 Å². The summed E-state index contributed by atoms with van der Waals surface area (Å²) in [6.45, 7) is 2.89. The van der Waals surface area contributed by atoms with Crippen molar-refractivity contribution in [1.29, 1.82) is 0 Å². The van der Waals surface area contributed by atoms with E-state index in [1.807, 2.05) is 19.1 Å². The van der Waals surface area contributed by atoms with Gasteiger partial charge in [-0.2, -0.15) is 0 Å². The SMILES string of the molecule is Cc1ccc(Br)c(C(=O)NC23CCCC2NCC3)n1. The Morgan fingerprint density at radius 1 is 1.53 bits per heavy atom. The maximum Gasteiger partial charge on any atom is 0.271 e. The van der Waals surface area contributed by atoms with Gasteiger partial charge in [-0.25, -0.2) is 4.98 Å². The zero-order valence-corrected chi connectivity index (χ0v) is 12.6. The van der Waals surface area contributed by atoms with Gasteiger partial charge in [0.2, 0.25) is 0 Å². The van der Waals surface area contributed by atoms with Gasteiger partial charge in [0, 0.05) is 16.2 Å². The van der Waals surface area contributed by atoms with E-state index in [2.05, 4.69) is 31.5 Å². The first-order chi connectivity index (χ1) is 9.11. The summed E-state index contributed by atoms with van der Waals surface area (Å²) in [6, 6.07) is 4.21. The number of fused-ring (bicyclic) bond motifs is 1. The van der Waals surface area contributed by atoms with Crippen molar-refractivity contribution in [2.24, 2.45) is 0 Å². The molecule has 4 nitrogen and oxygen atoms in total. The fraction of sp³-hybridized carbons (Fsp3) is 0.571. The van der Waals surface area contributed by atoms with Crippen LogP contribution in [0.1, 0.15) is 41.9 Å². The molecule has 1 amide bonds. The summed E-state index contributed by atoms with van der Waals surface area (Å²) in [7, 11) is 0. The van der Waals surface area contributed by atoms with E-state index < -0.39 is 0 Å². The molecule has 2 unspecified atom stereocenters. The van der Waals surface area contributed by atoms with Crippen LogP contribution in [0.4, 0.5) is 0 Å². The molecule has 1 saturated carbocycles. The van der Waals surface area contributed by atoms with E-state index in [0.29, 0.717) is 11.7 Å². The molecule has 1 aromatic heterocycles. The second kappa shape index (κ2) is 4.87. The van der Waals surface area contributed by atoms with Gasteiger partial charge in [-0.3, -0.25) is 4.79 Å². The minimum atomic E-state index is -0.0637. The highest BCUT2D eigenvalue weighted by Gasteiger charge is 2.47. The van der Waals surface area contributed by atoms with E-state index in [9.17, 15) is 4.79 Å². The molecule has 0 aromatic carbocycles. The minimum Gasteiger partial charge on any atom is -0.344 e. The van der Waals surface area contributed by atoms with Crippen LogP contribution in [0, 0.1) is 6.92 Å². The van der Waals surface area contributed by atoms with Crippen molar-refractivity contribution in [3.8, 4) is 0 Å². The highest BCUT2D eigenvalue weighted by molar-refractivity contribution is 9.10. The normalized spacial score (nSPS) is 29.3. The monoisotopic (exact) mass is 323 g/mol. The van der Waals surface area contributed by atoms with Crippen molar-refractivity contribution in [3.63, 3.8) is 0 Å². The molecular weight excluding hydrogens is 306 g/mol. The Hall–Kier alpha value is -0.940. The fourth-order valence-corrected chi connectivity index (χ4v) is 3.74. The topological polar surface area (TPSA) is 54.0 Å². The second-order valence-corrected chi connectivity index (χ2v) is 6.40. The van der Waals surface area contributed by atoms with Crippen molar-refractivity contribution in [3.05, 3.63) is 28.0 Å². The summed E-state index contributed by atoms with van der Waals surface area (Å²) in [4.78, 5) is 16.8. The zero-order chi connectivity index (χ0) is 13.5. The van der Waals surface area contributed by atoms with Gasteiger partial charge < -0.3 is 10.6 Å². The molecule has 102 valence electrons. The summed E-state index contributed by atoms with van der Waals surface area (Å²) >= 11 is 3.41. The molecule has 5 heteroatoms. The van der Waals surface area contributed by atoms with E-state index in [1.165, 1.54) is 6.42 Å². The molecule has 2 aliphatic rings. The standard InChI is InChI=1S/C14H18BrN3O/c1-9-4-5-10(15)12(17-9)13(19)18-14-6-2-3-11(14)16-8-7-14/h4-5,11,16H,2-3,6-8H2,1H3,(H,18,19). The quantitative estimate of drug-likeness (QED) is 0.877. The molecular formula is C14H18BrN3O. The highest BCUT2D eigenvalue weighted by atomic mass is 79.9. The Kier molecular flexibility index (Phi) is 3.35. The van der Waals surface area contributed by atoms with E-state index in [-0.39, 0.29) is 11.4 Å². The van der Waals surface area contributed by atoms with Crippen LogP contribution >= 0.6 is 15.9 Å². The van der Waals surface area contributed by atoms with Gasteiger partial charge in [0.25, 0.3) is 5.91 Å². The first-order valence-electron chi connectivity index (χ1n) is 6.80. The molecule has 2 heterocycles. The largest absolute Gasteiger partial charge is 0.344 e. The van der Waals surface area contributed by atoms with Gasteiger partial charge in [-0.1, -0.05) is 0 Å². The molecule has 2 N–H and O–H groups in total. The first-order valence-corrected chi connectivity index (χ1v) is 7.59. The van der Waals surface area contributed by atoms with Crippen LogP contribution in [0.15, 0.2) is 16.6 Å². The molecule has 2 fully saturated rings. The molecule has 1 aliphatic heterocycles. The summed E-state index contributed by atoms with van der Waals surface area (Å²) < 4.78 is 0.757. The third-order valence-electron chi connectivity index (χ3n) is 4.31. The first kappa shape index (κ1) is 13.1. The van der Waals surface area contributed by atoms with Crippen molar-refractivity contribution in [2.45, 2.75) is 44.2 Å². The highest BCUT2D eigenvalue weighted by Crippen LogP contribution is 2.36. The average molecular weight is 324 g/mol. The lowest BCUT2D eigenvalue weighted by atomic mass is 9.93. The van der Waals surface area contributed by atoms with Crippen molar-refractivity contribution in [2.75, 3.05) is 6.54 Å². The van der Waals surface area contributed by atoms with Gasteiger partial charge in [-0.15, -0.1) is 0 Å². The average Bonchev–Trinajstić information content (AvgIpc) is 2.91. The molecule has 1 saturated heterocycles. The number of halogens is 1. The lowest BCUT2D eigenvalue weighted by Crippen LogP contribution is -2.53. The molecule has 0 spiro atoms. The maximum absolute atomic E-state index is 12.5. The number of hydrogen-bond donors (Lipinski definition) is 2. The summed E-state index contributed by atoms with van der Waals surface area (Å²) in [5.74, 6) is -0.0637. The molecule has 19 heavy (non-hydrogen) atoms. The summed E-state index contributed by atoms with van der Waals surface area (Å²) in [5, 5.41) is 6.74. The zero-order valence-electron chi connectivity index (χ0n) is 11.0. The predicted octanol–water partition coefficient (Wildman–Crippen LogP) is 2.17. The van der Waals surface area contributed by atoms with Crippen LogP contribution < -0.4 is 10.6 Å². The number of carbonyl (C=O) groups is 1. The Morgan fingerprint density at radius 3 is 3.21 bits per heavy atom. The molecule has 1 aromatic rings.